The smallest absolute Gasteiger partial charge is 0.408 e. The fourth-order valence-corrected chi connectivity index (χ4v) is 5.87. The molecular weight excluding hydrogens is 660 g/mol. The molecule has 0 heterocycles. The van der Waals surface area contributed by atoms with E-state index in [1.807, 2.05) is 84.0 Å². The molecule has 52 heavy (non-hydrogen) atoms. The van der Waals surface area contributed by atoms with Gasteiger partial charge in [0.1, 0.15) is 24.4 Å². The molecule has 0 aliphatic carbocycles. The van der Waals surface area contributed by atoms with Gasteiger partial charge in [0.25, 0.3) is 0 Å². The summed E-state index contributed by atoms with van der Waals surface area (Å²) in [7, 11) is 1.57. The van der Waals surface area contributed by atoms with E-state index in [1.54, 1.807) is 31.4 Å². The van der Waals surface area contributed by atoms with E-state index in [1.165, 1.54) is 0 Å². The van der Waals surface area contributed by atoms with E-state index < -0.39 is 42.1 Å². The molecule has 284 valence electrons. The van der Waals surface area contributed by atoms with Crippen molar-refractivity contribution in [2.24, 2.45) is 17.8 Å². The van der Waals surface area contributed by atoms with Crippen molar-refractivity contribution < 1.29 is 33.8 Å². The highest BCUT2D eigenvalue weighted by molar-refractivity contribution is 5.92. The Hall–Kier alpha value is -4.64. The van der Waals surface area contributed by atoms with Crippen molar-refractivity contribution in [1.29, 1.82) is 0 Å². The second kappa shape index (κ2) is 21.0. The Labute approximate surface area is 308 Å². The van der Waals surface area contributed by atoms with Crippen LogP contribution in [0.25, 0.3) is 10.8 Å². The normalized spacial score (nSPS) is 14.2. The van der Waals surface area contributed by atoms with Gasteiger partial charge in [-0.15, -0.1) is 0 Å². The maximum absolute atomic E-state index is 14.1. The van der Waals surface area contributed by atoms with Crippen LogP contribution in [0, 0.1) is 17.8 Å². The van der Waals surface area contributed by atoms with Crippen molar-refractivity contribution in [3.05, 3.63) is 77.9 Å². The summed E-state index contributed by atoms with van der Waals surface area (Å²) in [6, 6.07) is 17.9. The summed E-state index contributed by atoms with van der Waals surface area (Å²) in [5.41, 5.74) is 1.58. The van der Waals surface area contributed by atoms with E-state index in [0.717, 1.165) is 28.3 Å². The average molecular weight is 719 g/mol. The van der Waals surface area contributed by atoms with Crippen LogP contribution in [0.2, 0.25) is 0 Å². The van der Waals surface area contributed by atoms with E-state index in [4.69, 9.17) is 9.47 Å². The summed E-state index contributed by atoms with van der Waals surface area (Å²) in [4.78, 5) is 53.7. The van der Waals surface area contributed by atoms with E-state index in [9.17, 15) is 24.3 Å². The Morgan fingerprint density at radius 1 is 0.769 bits per heavy atom. The first-order valence-electron chi connectivity index (χ1n) is 18.4. The van der Waals surface area contributed by atoms with Gasteiger partial charge >= 0.3 is 6.09 Å². The van der Waals surface area contributed by atoms with Crippen molar-refractivity contribution in [3.8, 4) is 5.75 Å². The van der Waals surface area contributed by atoms with Crippen LogP contribution in [0.4, 0.5) is 4.79 Å². The number of carbonyl (C=O) groups excluding carboxylic acids is 4. The summed E-state index contributed by atoms with van der Waals surface area (Å²) in [6.45, 7) is 12.4. The molecule has 1 unspecified atom stereocenters. The van der Waals surface area contributed by atoms with Crippen LogP contribution < -0.4 is 26.0 Å². The van der Waals surface area contributed by atoms with Crippen molar-refractivity contribution in [2.45, 2.75) is 104 Å². The third kappa shape index (κ3) is 13.8. The van der Waals surface area contributed by atoms with Gasteiger partial charge in [0.2, 0.25) is 17.7 Å². The molecule has 3 aromatic rings. The highest BCUT2D eigenvalue weighted by atomic mass is 16.5. The molecule has 3 aromatic carbocycles. The topological polar surface area (TPSA) is 155 Å². The molecule has 11 nitrogen and oxygen atoms in total. The molecule has 0 saturated carbocycles. The summed E-state index contributed by atoms with van der Waals surface area (Å²) in [5, 5.41) is 24.5. The summed E-state index contributed by atoms with van der Waals surface area (Å²) in [5.74, 6) is -0.203. The first-order valence-corrected chi connectivity index (χ1v) is 18.4. The molecule has 0 aliphatic rings. The number of carbonyl (C=O) groups is 4. The van der Waals surface area contributed by atoms with Crippen LogP contribution in [0.5, 0.6) is 5.75 Å². The minimum absolute atomic E-state index is 0.0218. The minimum Gasteiger partial charge on any atom is -0.497 e. The van der Waals surface area contributed by atoms with Crippen LogP contribution in [-0.2, 0) is 32.1 Å². The van der Waals surface area contributed by atoms with Crippen LogP contribution in [0.15, 0.2) is 66.7 Å². The van der Waals surface area contributed by atoms with E-state index in [-0.39, 0.29) is 37.2 Å². The lowest BCUT2D eigenvalue weighted by molar-refractivity contribution is -0.131. The second-order valence-corrected chi connectivity index (χ2v) is 14.5. The molecule has 3 rings (SSSR count). The Morgan fingerprint density at radius 3 is 2.08 bits per heavy atom. The number of amides is 4. The number of aliphatic hydroxyl groups excluding tert-OH is 1. The van der Waals surface area contributed by atoms with Crippen molar-refractivity contribution in [1.82, 2.24) is 21.3 Å². The maximum atomic E-state index is 14.1. The predicted octanol–water partition coefficient (Wildman–Crippen LogP) is 5.66. The monoisotopic (exact) mass is 718 g/mol. The molecular formula is C41H58N4O7. The van der Waals surface area contributed by atoms with Gasteiger partial charge in [0.15, 0.2) is 0 Å². The summed E-state index contributed by atoms with van der Waals surface area (Å²) < 4.78 is 10.7. The maximum Gasteiger partial charge on any atom is 0.408 e. The number of alkyl carbamates (subject to hydrolysis) is 1. The predicted molar refractivity (Wildman–Crippen MR) is 204 cm³/mol. The van der Waals surface area contributed by atoms with Gasteiger partial charge in [-0.25, -0.2) is 4.79 Å². The average Bonchev–Trinajstić information content (AvgIpc) is 3.11. The van der Waals surface area contributed by atoms with Gasteiger partial charge < -0.3 is 35.8 Å². The SMILES string of the molecule is CCC(C)CNC(=O)C[C@H](O)[C@H](CC(C)C)NC(=O)[C@H](CC(C)C)NC(=O)[C@H](Cc1cccc2ccccc12)NC(=O)OCc1ccc(OC)cc1. The third-order valence-electron chi connectivity index (χ3n) is 9.04. The minimum atomic E-state index is -1.13. The van der Waals surface area contributed by atoms with Crippen LogP contribution in [-0.4, -0.2) is 66.8 Å². The number of hydrogen-bond donors (Lipinski definition) is 5. The molecule has 0 aromatic heterocycles. The van der Waals surface area contributed by atoms with Crippen LogP contribution in [0.1, 0.15) is 78.4 Å². The number of hydrogen-bond acceptors (Lipinski definition) is 7. The molecule has 0 bridgehead atoms. The molecule has 0 aliphatic heterocycles. The molecule has 5 atom stereocenters. The van der Waals surface area contributed by atoms with Gasteiger partial charge in [0, 0.05) is 13.0 Å². The van der Waals surface area contributed by atoms with E-state index in [2.05, 4.69) is 21.3 Å². The Kier molecular flexibility index (Phi) is 16.9. The number of benzene rings is 3. The lowest BCUT2D eigenvalue weighted by Crippen LogP contribution is -2.57. The fourth-order valence-electron chi connectivity index (χ4n) is 5.87. The van der Waals surface area contributed by atoms with Gasteiger partial charge in [-0.2, -0.15) is 0 Å². The highest BCUT2D eigenvalue weighted by Gasteiger charge is 2.32. The van der Waals surface area contributed by atoms with Gasteiger partial charge in [-0.1, -0.05) is 103 Å². The number of ether oxygens (including phenoxy) is 2. The molecule has 0 radical (unpaired) electrons. The lowest BCUT2D eigenvalue weighted by Gasteiger charge is -2.29. The zero-order valence-corrected chi connectivity index (χ0v) is 31.7. The molecule has 11 heteroatoms. The Balaban J connectivity index is 1.80. The standard InChI is InChI=1S/C41H58N4O7/c1-8-28(6)24-42-38(47)23-37(46)34(20-26(2)3)43-39(48)35(21-27(4)5)44-40(49)36(22-31-14-11-13-30-12-9-10-15-33(30)31)45-41(50)52-25-29-16-18-32(51-7)19-17-29/h9-19,26-28,34-37,46H,8,20-25H2,1-7H3,(H,42,47)(H,43,48)(H,44,49)(H,45,50)/t28?,34-,35-,36-,37-/m0/s1. The summed E-state index contributed by atoms with van der Waals surface area (Å²) >= 11 is 0. The first kappa shape index (κ1) is 41.8. The molecule has 0 fully saturated rings. The van der Waals surface area contributed by atoms with Crippen LogP contribution >= 0.6 is 0 Å². The summed E-state index contributed by atoms with van der Waals surface area (Å²) in [6.07, 6.45) is -0.278. The largest absolute Gasteiger partial charge is 0.497 e. The number of aliphatic hydroxyl groups is 1. The van der Waals surface area contributed by atoms with Gasteiger partial charge in [-0.3, -0.25) is 14.4 Å². The Bertz CT molecular complexity index is 1590. The van der Waals surface area contributed by atoms with Gasteiger partial charge in [-0.05, 0) is 64.6 Å². The third-order valence-corrected chi connectivity index (χ3v) is 9.04. The van der Waals surface area contributed by atoms with Crippen molar-refractivity contribution in [3.63, 3.8) is 0 Å². The number of nitrogens with one attached hydrogen (secondary N) is 4. The Morgan fingerprint density at radius 2 is 1.42 bits per heavy atom. The van der Waals surface area contributed by atoms with Crippen molar-refractivity contribution >= 4 is 34.6 Å². The van der Waals surface area contributed by atoms with E-state index in [0.29, 0.717) is 31.1 Å². The second-order valence-electron chi connectivity index (χ2n) is 14.5. The zero-order valence-electron chi connectivity index (χ0n) is 31.7. The zero-order chi connectivity index (χ0) is 38.2. The molecule has 4 amide bonds. The number of methoxy groups -OCH3 is 1. The highest BCUT2D eigenvalue weighted by Crippen LogP contribution is 2.21. The van der Waals surface area contributed by atoms with Crippen LogP contribution in [0.3, 0.4) is 0 Å². The van der Waals surface area contributed by atoms with Crippen molar-refractivity contribution in [2.75, 3.05) is 13.7 Å². The molecule has 0 saturated heterocycles. The van der Waals surface area contributed by atoms with Gasteiger partial charge in [0.05, 0.1) is 25.7 Å². The quantitative estimate of drug-likeness (QED) is 0.101. The first-order chi connectivity index (χ1) is 24.8. The number of fused-ring (bicyclic) bond motifs is 1. The molecule has 5 N–H and O–H groups in total. The lowest BCUT2D eigenvalue weighted by atomic mass is 9.95. The molecule has 0 spiro atoms. The number of rotatable bonds is 20. The van der Waals surface area contributed by atoms with E-state index >= 15 is 0 Å². The fraction of sp³-hybridized carbons (Fsp3) is 0.512.